The van der Waals surface area contributed by atoms with E-state index in [9.17, 15) is 4.79 Å². The van der Waals surface area contributed by atoms with E-state index in [1.807, 2.05) is 23.9 Å². The predicted molar refractivity (Wildman–Crippen MR) is 70.7 cm³/mol. The number of nitrogens with one attached hydrogen (secondary N) is 1. The standard InChI is InChI=1S/C13H18N2OS/c16-13(7-11-4-2-6-17-10-11)15-9-12-3-1-5-14-8-12/h1,3,5,8,11H,2,4,6-7,9-10H2,(H,15,16). The summed E-state index contributed by atoms with van der Waals surface area (Å²) < 4.78 is 0. The van der Waals surface area contributed by atoms with Crippen LogP contribution in [0.15, 0.2) is 24.5 Å². The molecule has 1 atom stereocenters. The van der Waals surface area contributed by atoms with Crippen LogP contribution in [0.3, 0.4) is 0 Å². The van der Waals surface area contributed by atoms with Crippen LogP contribution in [-0.2, 0) is 11.3 Å². The zero-order chi connectivity index (χ0) is 11.9. The first-order valence-corrected chi connectivity index (χ1v) is 7.23. The van der Waals surface area contributed by atoms with E-state index in [0.29, 0.717) is 18.9 Å². The molecule has 3 nitrogen and oxygen atoms in total. The molecule has 1 aromatic rings. The van der Waals surface area contributed by atoms with Gasteiger partial charge >= 0.3 is 0 Å². The number of nitrogens with zero attached hydrogens (tertiary/aromatic N) is 1. The molecule has 92 valence electrons. The van der Waals surface area contributed by atoms with Gasteiger partial charge in [0.05, 0.1) is 0 Å². The molecular formula is C13H18N2OS. The van der Waals surface area contributed by atoms with Crippen molar-refractivity contribution in [1.29, 1.82) is 0 Å². The first-order chi connectivity index (χ1) is 8.34. The highest BCUT2D eigenvalue weighted by Crippen LogP contribution is 2.24. The maximum atomic E-state index is 11.7. The average molecular weight is 250 g/mol. The van der Waals surface area contributed by atoms with Crippen LogP contribution in [0, 0.1) is 5.92 Å². The number of amides is 1. The summed E-state index contributed by atoms with van der Waals surface area (Å²) in [7, 11) is 0. The molecule has 0 radical (unpaired) electrons. The number of thioether (sulfide) groups is 1. The van der Waals surface area contributed by atoms with Gasteiger partial charge in [-0.05, 0) is 41.9 Å². The molecule has 0 aromatic carbocycles. The Labute approximate surface area is 106 Å². The molecule has 0 spiro atoms. The molecule has 0 bridgehead atoms. The van der Waals surface area contributed by atoms with Crippen molar-refractivity contribution in [2.45, 2.75) is 25.8 Å². The fourth-order valence-corrected chi connectivity index (χ4v) is 3.16. The van der Waals surface area contributed by atoms with Crippen molar-refractivity contribution in [1.82, 2.24) is 10.3 Å². The second-order valence-corrected chi connectivity index (χ2v) is 5.58. The molecule has 1 aliphatic heterocycles. The Morgan fingerprint density at radius 2 is 2.53 bits per heavy atom. The second-order valence-electron chi connectivity index (χ2n) is 4.43. The molecule has 0 aliphatic carbocycles. The van der Waals surface area contributed by atoms with E-state index in [1.54, 1.807) is 12.4 Å². The van der Waals surface area contributed by atoms with E-state index in [4.69, 9.17) is 0 Å². The second kappa shape index (κ2) is 6.64. The van der Waals surface area contributed by atoms with E-state index < -0.39 is 0 Å². The van der Waals surface area contributed by atoms with E-state index in [-0.39, 0.29) is 5.91 Å². The zero-order valence-corrected chi connectivity index (χ0v) is 10.7. The number of pyridine rings is 1. The lowest BCUT2D eigenvalue weighted by molar-refractivity contribution is -0.122. The van der Waals surface area contributed by atoms with Gasteiger partial charge in [0.15, 0.2) is 0 Å². The highest BCUT2D eigenvalue weighted by molar-refractivity contribution is 7.99. The summed E-state index contributed by atoms with van der Waals surface area (Å²) in [4.78, 5) is 15.8. The molecule has 1 amide bonds. The Morgan fingerprint density at radius 3 is 3.24 bits per heavy atom. The number of carbonyl (C=O) groups is 1. The first-order valence-electron chi connectivity index (χ1n) is 6.08. The van der Waals surface area contributed by atoms with Crippen LogP contribution in [0.1, 0.15) is 24.8 Å². The number of aromatic nitrogens is 1. The molecule has 0 saturated carbocycles. The van der Waals surface area contributed by atoms with Crippen molar-refractivity contribution in [3.8, 4) is 0 Å². The van der Waals surface area contributed by atoms with Crippen molar-refractivity contribution in [2.75, 3.05) is 11.5 Å². The average Bonchev–Trinajstić information content (AvgIpc) is 2.39. The summed E-state index contributed by atoms with van der Waals surface area (Å²) in [5.74, 6) is 3.14. The Bertz CT molecular complexity index is 350. The minimum atomic E-state index is 0.168. The van der Waals surface area contributed by atoms with Crippen LogP contribution < -0.4 is 5.32 Å². The van der Waals surface area contributed by atoms with Crippen LogP contribution in [0.25, 0.3) is 0 Å². The minimum Gasteiger partial charge on any atom is -0.352 e. The van der Waals surface area contributed by atoms with Gasteiger partial charge in [0.25, 0.3) is 0 Å². The van der Waals surface area contributed by atoms with Crippen LogP contribution in [0.4, 0.5) is 0 Å². The number of hydrogen-bond acceptors (Lipinski definition) is 3. The summed E-state index contributed by atoms with van der Waals surface area (Å²) in [6, 6.07) is 3.86. The summed E-state index contributed by atoms with van der Waals surface area (Å²) in [5.41, 5.74) is 1.05. The molecule has 1 aliphatic rings. The lowest BCUT2D eigenvalue weighted by Crippen LogP contribution is -2.26. The van der Waals surface area contributed by atoms with Gasteiger partial charge < -0.3 is 5.32 Å². The molecule has 1 unspecified atom stereocenters. The van der Waals surface area contributed by atoms with E-state index >= 15 is 0 Å². The van der Waals surface area contributed by atoms with Crippen LogP contribution in [-0.4, -0.2) is 22.4 Å². The number of carbonyl (C=O) groups excluding carboxylic acids is 1. The molecule has 1 aromatic heterocycles. The van der Waals surface area contributed by atoms with Gasteiger partial charge in [0, 0.05) is 25.4 Å². The van der Waals surface area contributed by atoms with Gasteiger partial charge in [-0.15, -0.1) is 0 Å². The minimum absolute atomic E-state index is 0.168. The van der Waals surface area contributed by atoms with Crippen LogP contribution >= 0.6 is 11.8 Å². The third-order valence-electron chi connectivity index (χ3n) is 2.94. The molecule has 2 heterocycles. The lowest BCUT2D eigenvalue weighted by atomic mass is 10.0. The third-order valence-corrected chi connectivity index (χ3v) is 4.23. The number of hydrogen-bond donors (Lipinski definition) is 1. The molecule has 17 heavy (non-hydrogen) atoms. The lowest BCUT2D eigenvalue weighted by Gasteiger charge is -2.20. The van der Waals surface area contributed by atoms with E-state index in [2.05, 4.69) is 10.3 Å². The molecule has 1 fully saturated rings. The van der Waals surface area contributed by atoms with Crippen molar-refractivity contribution >= 4 is 17.7 Å². The highest BCUT2D eigenvalue weighted by Gasteiger charge is 2.16. The van der Waals surface area contributed by atoms with Crippen molar-refractivity contribution in [3.05, 3.63) is 30.1 Å². The normalized spacial score (nSPS) is 19.9. The SMILES string of the molecule is O=C(CC1CCCSC1)NCc1cccnc1. The quantitative estimate of drug-likeness (QED) is 0.891. The molecule has 4 heteroatoms. The van der Waals surface area contributed by atoms with E-state index in [1.165, 1.54) is 18.6 Å². The summed E-state index contributed by atoms with van der Waals surface area (Å²) in [6.45, 7) is 0.590. The first kappa shape index (κ1) is 12.4. The van der Waals surface area contributed by atoms with Crippen molar-refractivity contribution < 1.29 is 4.79 Å². The van der Waals surface area contributed by atoms with Gasteiger partial charge in [0.2, 0.25) is 5.91 Å². The van der Waals surface area contributed by atoms with Gasteiger partial charge in [0.1, 0.15) is 0 Å². The van der Waals surface area contributed by atoms with Crippen LogP contribution in [0.2, 0.25) is 0 Å². The molecule has 1 saturated heterocycles. The summed E-state index contributed by atoms with van der Waals surface area (Å²) >= 11 is 1.97. The Balaban J connectivity index is 1.70. The molecule has 2 rings (SSSR count). The van der Waals surface area contributed by atoms with Crippen molar-refractivity contribution in [3.63, 3.8) is 0 Å². The Morgan fingerprint density at radius 1 is 1.59 bits per heavy atom. The van der Waals surface area contributed by atoms with Gasteiger partial charge in [-0.1, -0.05) is 6.07 Å². The summed E-state index contributed by atoms with van der Waals surface area (Å²) in [6.07, 6.45) is 6.66. The topological polar surface area (TPSA) is 42.0 Å². The molecular weight excluding hydrogens is 232 g/mol. The maximum Gasteiger partial charge on any atom is 0.220 e. The van der Waals surface area contributed by atoms with E-state index in [0.717, 1.165) is 11.3 Å². The van der Waals surface area contributed by atoms with Gasteiger partial charge in [-0.3, -0.25) is 9.78 Å². The fraction of sp³-hybridized carbons (Fsp3) is 0.538. The summed E-state index contributed by atoms with van der Waals surface area (Å²) in [5, 5.41) is 2.96. The Kier molecular flexibility index (Phi) is 4.86. The van der Waals surface area contributed by atoms with Gasteiger partial charge in [-0.25, -0.2) is 0 Å². The maximum absolute atomic E-state index is 11.7. The third kappa shape index (κ3) is 4.38. The largest absolute Gasteiger partial charge is 0.352 e. The van der Waals surface area contributed by atoms with Crippen molar-refractivity contribution in [2.24, 2.45) is 5.92 Å². The predicted octanol–water partition coefficient (Wildman–Crippen LogP) is 2.23. The smallest absolute Gasteiger partial charge is 0.220 e. The van der Waals surface area contributed by atoms with Gasteiger partial charge in [-0.2, -0.15) is 11.8 Å². The Hall–Kier alpha value is -1.03. The molecule has 1 N–H and O–H groups in total. The highest BCUT2D eigenvalue weighted by atomic mass is 32.2. The van der Waals surface area contributed by atoms with Crippen LogP contribution in [0.5, 0.6) is 0 Å². The zero-order valence-electron chi connectivity index (χ0n) is 9.89. The number of rotatable bonds is 4. The monoisotopic (exact) mass is 250 g/mol. The fourth-order valence-electron chi connectivity index (χ4n) is 2.01.